The van der Waals surface area contributed by atoms with Gasteiger partial charge in [0.05, 0.1) is 17.5 Å². The number of ether oxygens (including phenoxy) is 2. The van der Waals surface area contributed by atoms with Gasteiger partial charge in [-0.1, -0.05) is 43.0 Å². The van der Waals surface area contributed by atoms with Crippen molar-refractivity contribution < 1.29 is 23.0 Å². The van der Waals surface area contributed by atoms with Gasteiger partial charge in [-0.2, -0.15) is 9.97 Å². The summed E-state index contributed by atoms with van der Waals surface area (Å²) in [5.74, 6) is -0.610. The van der Waals surface area contributed by atoms with Crippen molar-refractivity contribution in [3.8, 4) is 17.3 Å². The van der Waals surface area contributed by atoms with Gasteiger partial charge < -0.3 is 14.4 Å². The molecule has 238 valence electrons. The molecular formula is C36H37F2N5O3. The number of benzene rings is 2. The summed E-state index contributed by atoms with van der Waals surface area (Å²) in [6.07, 6.45) is 7.71. The summed E-state index contributed by atoms with van der Waals surface area (Å²) in [6.45, 7) is 9.80. The Hall–Kier alpha value is -4.44. The Bertz CT molecular complexity index is 1830. The summed E-state index contributed by atoms with van der Waals surface area (Å²) in [4.78, 5) is 30.0. The number of nitrogens with zero attached hydrogens (tertiary/aromatic N) is 5. The Morgan fingerprint density at radius 3 is 2.85 bits per heavy atom. The first kappa shape index (κ1) is 30.2. The lowest BCUT2D eigenvalue weighted by Gasteiger charge is -2.34. The highest BCUT2D eigenvalue weighted by atomic mass is 19.1. The van der Waals surface area contributed by atoms with Crippen LogP contribution in [0.25, 0.3) is 32.9 Å². The Kier molecular flexibility index (Phi) is 8.15. The summed E-state index contributed by atoms with van der Waals surface area (Å²) in [6, 6.07) is 11.9. The van der Waals surface area contributed by atoms with Crippen LogP contribution in [0.4, 0.5) is 14.6 Å². The minimum atomic E-state index is -0.901. The summed E-state index contributed by atoms with van der Waals surface area (Å²) >= 11 is 0. The van der Waals surface area contributed by atoms with E-state index in [1.165, 1.54) is 0 Å². The number of piperidine rings is 1. The van der Waals surface area contributed by atoms with Crippen LogP contribution in [0.1, 0.15) is 37.7 Å². The second-order valence-electron chi connectivity index (χ2n) is 12.6. The number of halogens is 2. The van der Waals surface area contributed by atoms with Gasteiger partial charge >= 0.3 is 12.0 Å². The molecule has 46 heavy (non-hydrogen) atoms. The van der Waals surface area contributed by atoms with Gasteiger partial charge in [0.2, 0.25) is 0 Å². The van der Waals surface area contributed by atoms with Crippen LogP contribution in [0.5, 0.6) is 6.01 Å². The Morgan fingerprint density at radius 2 is 2.00 bits per heavy atom. The van der Waals surface area contributed by atoms with E-state index in [2.05, 4.69) is 34.1 Å². The molecule has 0 radical (unpaired) electrons. The molecule has 0 unspecified atom stereocenters. The number of aromatic nitrogens is 3. The fraction of sp³-hybridized carbons (Fsp3) is 0.389. The first-order chi connectivity index (χ1) is 22.4. The molecule has 0 saturated carbocycles. The van der Waals surface area contributed by atoms with Gasteiger partial charge in [-0.15, -0.1) is 6.58 Å². The number of hydrogen-bond donors (Lipinski definition) is 0. The second kappa shape index (κ2) is 12.4. The van der Waals surface area contributed by atoms with Crippen molar-refractivity contribution >= 4 is 33.5 Å². The van der Waals surface area contributed by atoms with E-state index >= 15 is 4.39 Å². The number of rotatable bonds is 9. The Morgan fingerprint density at radius 1 is 1.11 bits per heavy atom. The van der Waals surface area contributed by atoms with Crippen LogP contribution >= 0.6 is 0 Å². The van der Waals surface area contributed by atoms with E-state index < -0.39 is 23.5 Å². The van der Waals surface area contributed by atoms with Crippen molar-refractivity contribution in [3.63, 3.8) is 0 Å². The molecule has 0 N–H and O–H groups in total. The maximum Gasteiger partial charge on any atom is 0.330 e. The molecule has 3 atom stereocenters. The summed E-state index contributed by atoms with van der Waals surface area (Å²) in [5.41, 5.74) is 1.62. The largest absolute Gasteiger partial charge is 0.461 e. The fourth-order valence-electron chi connectivity index (χ4n) is 7.45. The molecule has 10 heteroatoms. The van der Waals surface area contributed by atoms with Gasteiger partial charge in [0.15, 0.2) is 5.82 Å². The predicted molar refractivity (Wildman–Crippen MR) is 174 cm³/mol. The standard InChI is InChI=1S/C36H37F2N5O3/c1-3-8-23-9-5-10-24-17-25(12-13-28(23)24)32-31(38)33-29(19-39-32)34(42-15-6-11-27(21-42)46-30(44)4-2)41-35(40-33)45-22-36-14-7-16-43(36)20-26(37)18-36/h3-5,9-10,12-13,17,19,26-27H,1-2,6-8,11,14-16,18,20-22H2/t26-,27-,36+/m1/s1. The molecule has 4 aromatic rings. The molecule has 3 saturated heterocycles. The number of alkyl halides is 1. The SMILES string of the molecule is C=CCc1cccc2cc(-c3ncc4c(N5CCC[C@@H](OC(=O)C=C)C5)nc(OC[C@@]56CCCN5C[C@H](F)C6)nc4c3F)ccc12. The Labute approximate surface area is 266 Å². The van der Waals surface area contributed by atoms with Crippen molar-refractivity contribution in [3.05, 3.63) is 79.3 Å². The molecule has 3 aliphatic heterocycles. The van der Waals surface area contributed by atoms with Gasteiger partial charge in [-0.3, -0.25) is 9.88 Å². The maximum absolute atomic E-state index is 16.6. The Balaban J connectivity index is 1.29. The van der Waals surface area contributed by atoms with E-state index in [0.717, 1.165) is 54.6 Å². The van der Waals surface area contributed by atoms with Gasteiger partial charge in [-0.25, -0.2) is 13.6 Å². The van der Waals surface area contributed by atoms with E-state index in [-0.39, 0.29) is 29.9 Å². The van der Waals surface area contributed by atoms with Crippen LogP contribution in [0, 0.1) is 5.82 Å². The number of esters is 1. The topological polar surface area (TPSA) is 80.7 Å². The van der Waals surface area contributed by atoms with Crippen LogP contribution in [0.2, 0.25) is 0 Å². The summed E-state index contributed by atoms with van der Waals surface area (Å²) in [5, 5.41) is 2.48. The monoisotopic (exact) mass is 625 g/mol. The average Bonchev–Trinajstić information content (AvgIpc) is 3.59. The van der Waals surface area contributed by atoms with Gasteiger partial charge in [0, 0.05) is 37.3 Å². The van der Waals surface area contributed by atoms with Crippen molar-refractivity contribution in [2.24, 2.45) is 0 Å². The molecule has 0 bridgehead atoms. The number of fused-ring (bicyclic) bond motifs is 3. The second-order valence-corrected chi connectivity index (χ2v) is 12.6. The zero-order valence-electron chi connectivity index (χ0n) is 25.8. The number of carbonyl (C=O) groups is 1. The van der Waals surface area contributed by atoms with Gasteiger partial charge in [0.25, 0.3) is 0 Å². The predicted octanol–water partition coefficient (Wildman–Crippen LogP) is 6.37. The number of hydrogen-bond acceptors (Lipinski definition) is 8. The first-order valence-electron chi connectivity index (χ1n) is 16.0. The molecule has 5 heterocycles. The van der Waals surface area contributed by atoms with Crippen LogP contribution in [0.15, 0.2) is 67.9 Å². The quantitative estimate of drug-likeness (QED) is 0.121. The number of anilines is 1. The van der Waals surface area contributed by atoms with Gasteiger partial charge in [0.1, 0.15) is 35.9 Å². The molecule has 7 rings (SSSR count). The minimum Gasteiger partial charge on any atom is -0.461 e. The zero-order valence-corrected chi connectivity index (χ0v) is 25.8. The van der Waals surface area contributed by atoms with E-state index in [1.807, 2.05) is 41.3 Å². The lowest BCUT2D eigenvalue weighted by molar-refractivity contribution is -0.143. The third-order valence-electron chi connectivity index (χ3n) is 9.61. The number of pyridine rings is 1. The van der Waals surface area contributed by atoms with Crippen LogP contribution < -0.4 is 9.64 Å². The van der Waals surface area contributed by atoms with Crippen molar-refractivity contribution in [2.45, 2.75) is 56.3 Å². The van der Waals surface area contributed by atoms with Crippen molar-refractivity contribution in [1.82, 2.24) is 19.9 Å². The molecule has 0 spiro atoms. The lowest BCUT2D eigenvalue weighted by Crippen LogP contribution is -2.43. The van der Waals surface area contributed by atoms with E-state index in [4.69, 9.17) is 14.5 Å². The fourth-order valence-corrected chi connectivity index (χ4v) is 7.45. The molecule has 8 nitrogen and oxygen atoms in total. The molecule has 3 aliphatic rings. The number of carbonyl (C=O) groups excluding carboxylic acids is 1. The normalized spacial score (nSPS) is 23.0. The molecule has 3 fully saturated rings. The lowest BCUT2D eigenvalue weighted by atomic mass is 9.95. The van der Waals surface area contributed by atoms with Crippen LogP contribution in [-0.4, -0.2) is 76.4 Å². The van der Waals surface area contributed by atoms with Crippen LogP contribution in [0.3, 0.4) is 0 Å². The minimum absolute atomic E-state index is 0.0277. The van der Waals surface area contributed by atoms with E-state index in [9.17, 15) is 9.18 Å². The third kappa shape index (κ3) is 5.59. The maximum atomic E-state index is 16.6. The highest BCUT2D eigenvalue weighted by Crippen LogP contribution is 2.41. The summed E-state index contributed by atoms with van der Waals surface area (Å²) < 4.78 is 42.9. The molecule has 0 amide bonds. The van der Waals surface area contributed by atoms with E-state index in [0.29, 0.717) is 49.2 Å². The molecule has 0 aliphatic carbocycles. The average molecular weight is 626 g/mol. The molecule has 2 aromatic carbocycles. The zero-order chi connectivity index (χ0) is 31.8. The highest BCUT2D eigenvalue weighted by Gasteiger charge is 2.49. The molecule has 2 aromatic heterocycles. The van der Waals surface area contributed by atoms with Crippen molar-refractivity contribution in [2.75, 3.05) is 37.7 Å². The smallest absolute Gasteiger partial charge is 0.330 e. The summed E-state index contributed by atoms with van der Waals surface area (Å²) in [7, 11) is 0. The molecular weight excluding hydrogens is 588 g/mol. The van der Waals surface area contributed by atoms with E-state index in [1.54, 1.807) is 6.20 Å². The third-order valence-corrected chi connectivity index (χ3v) is 9.61. The van der Waals surface area contributed by atoms with Crippen LogP contribution in [-0.2, 0) is 16.0 Å². The van der Waals surface area contributed by atoms with Crippen molar-refractivity contribution in [1.29, 1.82) is 0 Å². The highest BCUT2D eigenvalue weighted by molar-refractivity contribution is 5.94. The number of allylic oxidation sites excluding steroid dienone is 1. The first-order valence-corrected chi connectivity index (χ1v) is 16.0. The van der Waals surface area contributed by atoms with Gasteiger partial charge in [-0.05, 0) is 61.1 Å².